The number of esters is 1. The maximum Gasteiger partial charge on any atom is 0.306 e. The Hall–Kier alpha value is -1.61. The van der Waals surface area contributed by atoms with E-state index in [0.29, 0.717) is 11.9 Å². The van der Waals surface area contributed by atoms with Crippen LogP contribution in [0.5, 0.6) is 0 Å². The average Bonchev–Trinajstić information content (AvgIpc) is 2.70. The largest absolute Gasteiger partial charge is 0.466 e. The molecule has 0 aliphatic carbocycles. The monoisotopic (exact) mass is 440 g/mol. The van der Waals surface area contributed by atoms with Gasteiger partial charge >= 0.3 is 5.97 Å². The summed E-state index contributed by atoms with van der Waals surface area (Å²) in [7, 11) is -3.65. The van der Waals surface area contributed by atoms with Crippen LogP contribution in [-0.4, -0.2) is 24.3 Å². The van der Waals surface area contributed by atoms with E-state index in [2.05, 4.69) is 6.92 Å². The first kappa shape index (κ1) is 22.7. The Morgan fingerprint density at radius 3 is 2.21 bits per heavy atom. The predicted octanol–water partition coefficient (Wildman–Crippen LogP) is 5.95. The molecule has 0 saturated carbocycles. The number of carbonyl (C=O) groups excluding carboxylic acids is 2. The zero-order valence-corrected chi connectivity index (χ0v) is 18.1. The van der Waals surface area contributed by atoms with Crippen molar-refractivity contribution in [1.29, 1.82) is 0 Å². The van der Waals surface area contributed by atoms with Gasteiger partial charge in [0.25, 0.3) is 0 Å². The number of rotatable bonds is 10. The minimum absolute atomic E-state index is 0.0225. The number of unbranched alkanes of at least 4 members (excludes halogenated alkanes) is 2. The molecule has 0 radical (unpaired) electrons. The maximum absolute atomic E-state index is 13.8. The standard InChI is InChI=1S/C21H23Cl2O4P/c1-2-3-7-14-27-19(24)13-15-28(26,16-9-5-4-6-10-16)21(25)20-17(22)11-8-12-18(20)23/h4-6,8-12H,2-3,7,13-15H2,1H3. The predicted molar refractivity (Wildman–Crippen MR) is 114 cm³/mol. The van der Waals surface area contributed by atoms with Crippen molar-refractivity contribution in [3.63, 3.8) is 0 Å². The normalized spacial score (nSPS) is 13.0. The summed E-state index contributed by atoms with van der Waals surface area (Å²) in [5.41, 5.74) is -0.623. The van der Waals surface area contributed by atoms with Crippen LogP contribution in [-0.2, 0) is 14.1 Å². The molecule has 7 heteroatoms. The number of ether oxygens (including phenoxy) is 1. The summed E-state index contributed by atoms with van der Waals surface area (Å²) < 4.78 is 19.0. The Morgan fingerprint density at radius 2 is 1.61 bits per heavy atom. The number of benzene rings is 2. The zero-order valence-electron chi connectivity index (χ0n) is 15.7. The molecule has 1 unspecified atom stereocenters. The molecule has 0 heterocycles. The van der Waals surface area contributed by atoms with E-state index in [4.69, 9.17) is 27.9 Å². The molecule has 0 aromatic heterocycles. The fourth-order valence-electron chi connectivity index (χ4n) is 2.76. The smallest absolute Gasteiger partial charge is 0.306 e. The first-order valence-corrected chi connectivity index (χ1v) is 11.8. The quantitative estimate of drug-likeness (QED) is 0.260. The van der Waals surface area contributed by atoms with Crippen LogP contribution in [0.3, 0.4) is 0 Å². The van der Waals surface area contributed by atoms with Crippen LogP contribution in [0.15, 0.2) is 48.5 Å². The first-order valence-electron chi connectivity index (χ1n) is 9.19. The van der Waals surface area contributed by atoms with Gasteiger partial charge < -0.3 is 9.30 Å². The SMILES string of the molecule is CCCCCOC(=O)CCP(=O)(C(=O)c1c(Cl)cccc1Cl)c1ccccc1. The van der Waals surface area contributed by atoms with Gasteiger partial charge in [-0.1, -0.05) is 79.4 Å². The molecule has 0 aliphatic heterocycles. The summed E-state index contributed by atoms with van der Waals surface area (Å²) in [5, 5.41) is 0.640. The van der Waals surface area contributed by atoms with E-state index in [1.54, 1.807) is 36.4 Å². The Bertz CT molecular complexity index is 848. The van der Waals surface area contributed by atoms with Crippen molar-refractivity contribution in [2.45, 2.75) is 32.6 Å². The lowest BCUT2D eigenvalue weighted by Gasteiger charge is -2.18. The van der Waals surface area contributed by atoms with Crippen LogP contribution in [0, 0.1) is 0 Å². The highest BCUT2D eigenvalue weighted by molar-refractivity contribution is 7.87. The van der Waals surface area contributed by atoms with E-state index in [1.807, 2.05) is 0 Å². The molecule has 0 amide bonds. The molecule has 0 fully saturated rings. The summed E-state index contributed by atoms with van der Waals surface area (Å²) >= 11 is 12.3. The lowest BCUT2D eigenvalue weighted by molar-refractivity contribution is -0.143. The highest BCUT2D eigenvalue weighted by atomic mass is 35.5. The third-order valence-corrected chi connectivity index (χ3v) is 7.82. The van der Waals surface area contributed by atoms with Crippen molar-refractivity contribution in [2.24, 2.45) is 0 Å². The topological polar surface area (TPSA) is 60.4 Å². The van der Waals surface area contributed by atoms with Crippen LogP contribution >= 0.6 is 30.3 Å². The number of hydrogen-bond donors (Lipinski definition) is 0. The number of halogens is 2. The molecule has 0 N–H and O–H groups in total. The molecule has 1 atom stereocenters. The molecular formula is C21H23Cl2O4P. The third-order valence-electron chi connectivity index (χ3n) is 4.32. The molecule has 0 bridgehead atoms. The molecule has 0 spiro atoms. The van der Waals surface area contributed by atoms with E-state index in [9.17, 15) is 14.2 Å². The second-order valence-corrected chi connectivity index (χ2v) is 10.0. The van der Waals surface area contributed by atoms with Crippen LogP contribution in [0.25, 0.3) is 0 Å². The molecule has 0 aliphatic rings. The van der Waals surface area contributed by atoms with Crippen molar-refractivity contribution in [3.8, 4) is 0 Å². The molecular weight excluding hydrogens is 418 g/mol. The van der Waals surface area contributed by atoms with E-state index in [-0.39, 0.29) is 28.2 Å². The first-order chi connectivity index (χ1) is 13.4. The van der Waals surface area contributed by atoms with E-state index in [0.717, 1.165) is 19.3 Å². The fourth-order valence-corrected chi connectivity index (χ4v) is 5.91. The van der Waals surface area contributed by atoms with E-state index < -0.39 is 18.6 Å². The van der Waals surface area contributed by atoms with Crippen LogP contribution in [0.4, 0.5) is 0 Å². The highest BCUT2D eigenvalue weighted by Crippen LogP contribution is 2.50. The van der Waals surface area contributed by atoms with E-state index in [1.165, 1.54) is 12.1 Å². The van der Waals surface area contributed by atoms with Crippen LogP contribution in [0.2, 0.25) is 10.0 Å². The van der Waals surface area contributed by atoms with Gasteiger partial charge in [0.1, 0.15) is 0 Å². The van der Waals surface area contributed by atoms with Crippen molar-refractivity contribution < 1.29 is 18.9 Å². The van der Waals surface area contributed by atoms with Gasteiger partial charge in [0.05, 0.1) is 28.6 Å². The van der Waals surface area contributed by atoms with Gasteiger partial charge in [-0.2, -0.15) is 0 Å². The number of hydrogen-bond acceptors (Lipinski definition) is 4. The third kappa shape index (κ3) is 5.70. The minimum Gasteiger partial charge on any atom is -0.466 e. The molecule has 150 valence electrons. The Morgan fingerprint density at radius 1 is 0.964 bits per heavy atom. The van der Waals surface area contributed by atoms with Crippen molar-refractivity contribution in [3.05, 3.63) is 64.1 Å². The van der Waals surface area contributed by atoms with Gasteiger partial charge in [0.2, 0.25) is 5.52 Å². The van der Waals surface area contributed by atoms with Gasteiger partial charge in [-0.3, -0.25) is 9.59 Å². The Labute approximate surface area is 175 Å². The Kier molecular flexibility index (Phi) is 8.75. The lowest BCUT2D eigenvalue weighted by Crippen LogP contribution is -2.19. The summed E-state index contributed by atoms with van der Waals surface area (Å²) in [6, 6.07) is 13.1. The second kappa shape index (κ2) is 10.8. The molecule has 4 nitrogen and oxygen atoms in total. The van der Waals surface area contributed by atoms with Crippen molar-refractivity contribution >= 4 is 47.1 Å². The molecule has 2 aromatic carbocycles. The van der Waals surface area contributed by atoms with Crippen LogP contribution in [0.1, 0.15) is 43.0 Å². The summed E-state index contributed by atoms with van der Waals surface area (Å²) in [4.78, 5) is 25.3. The van der Waals surface area contributed by atoms with E-state index >= 15 is 0 Å². The summed E-state index contributed by atoms with van der Waals surface area (Å²) in [6.07, 6.45) is 2.52. The number of carbonyl (C=O) groups is 2. The maximum atomic E-state index is 13.8. The molecule has 2 rings (SSSR count). The Balaban J connectivity index is 2.26. The van der Waals surface area contributed by atoms with Gasteiger partial charge in [-0.15, -0.1) is 0 Å². The van der Waals surface area contributed by atoms with Crippen molar-refractivity contribution in [2.75, 3.05) is 12.8 Å². The molecule has 2 aromatic rings. The average molecular weight is 441 g/mol. The minimum atomic E-state index is -3.65. The molecule has 28 heavy (non-hydrogen) atoms. The molecule has 0 saturated heterocycles. The van der Waals surface area contributed by atoms with Gasteiger partial charge in [-0.25, -0.2) is 0 Å². The lowest BCUT2D eigenvalue weighted by atomic mass is 10.2. The fraction of sp³-hybridized carbons (Fsp3) is 0.333. The van der Waals surface area contributed by atoms with Gasteiger partial charge in [0, 0.05) is 11.5 Å². The summed E-state index contributed by atoms with van der Waals surface area (Å²) in [6.45, 7) is 2.38. The van der Waals surface area contributed by atoms with Crippen LogP contribution < -0.4 is 5.30 Å². The summed E-state index contributed by atoms with van der Waals surface area (Å²) in [5.74, 6) is -0.467. The zero-order chi connectivity index (χ0) is 20.6. The van der Waals surface area contributed by atoms with Gasteiger partial charge in [0.15, 0.2) is 7.14 Å². The van der Waals surface area contributed by atoms with Crippen molar-refractivity contribution in [1.82, 2.24) is 0 Å². The second-order valence-electron chi connectivity index (χ2n) is 6.38. The van der Waals surface area contributed by atoms with Gasteiger partial charge in [-0.05, 0) is 18.6 Å². The highest BCUT2D eigenvalue weighted by Gasteiger charge is 2.37.